The van der Waals surface area contributed by atoms with Crippen LogP contribution in [0.1, 0.15) is 0 Å². The molecule has 1 rings (SSSR count). The van der Waals surface area contributed by atoms with Crippen LogP contribution in [0.5, 0.6) is 0 Å². The van der Waals surface area contributed by atoms with Crippen LogP contribution in [0.4, 0.5) is 0 Å². The van der Waals surface area contributed by atoms with Crippen molar-refractivity contribution in [1.82, 2.24) is 25.1 Å². The summed E-state index contributed by atoms with van der Waals surface area (Å²) >= 11 is 1.45. The number of rotatable bonds is 6. The predicted molar refractivity (Wildman–Crippen MR) is 54.7 cm³/mol. The molecule has 1 N–H and O–H groups in total. The third-order valence-corrected chi connectivity index (χ3v) is 2.49. The maximum Gasteiger partial charge on any atom is 0.325 e. The average molecular weight is 231 g/mol. The first-order valence-corrected chi connectivity index (χ1v) is 5.33. The molecule has 0 amide bonds. The van der Waals surface area contributed by atoms with Crippen LogP contribution < -0.4 is 0 Å². The fourth-order valence-corrected chi connectivity index (χ4v) is 1.83. The van der Waals surface area contributed by atoms with Crippen LogP contribution in [0.2, 0.25) is 0 Å². The van der Waals surface area contributed by atoms with Crippen molar-refractivity contribution in [3.63, 3.8) is 0 Å². The van der Waals surface area contributed by atoms with Crippen molar-refractivity contribution in [2.75, 3.05) is 26.4 Å². The summed E-state index contributed by atoms with van der Waals surface area (Å²) in [5.74, 6) is -0.121. The molecule has 15 heavy (non-hydrogen) atoms. The Bertz CT molecular complexity index is 327. The quantitative estimate of drug-likeness (QED) is 0.655. The highest BCUT2D eigenvalue weighted by atomic mass is 32.2. The third kappa shape index (κ3) is 4.26. The molecule has 7 nitrogen and oxygen atoms in total. The van der Waals surface area contributed by atoms with E-state index >= 15 is 0 Å². The number of carboxylic acids is 1. The number of carboxylic acid groups (broad SMARTS) is 1. The van der Waals surface area contributed by atoms with Crippen molar-refractivity contribution in [1.29, 1.82) is 0 Å². The normalized spacial score (nSPS) is 10.9. The van der Waals surface area contributed by atoms with Gasteiger partial charge in [-0.05, 0) is 24.5 Å². The lowest BCUT2D eigenvalue weighted by atomic mass is 10.7. The molecule has 0 atom stereocenters. The standard InChI is InChI=1S/C7H13N5O2S/c1-11(2)3-4-15-7-8-9-10-12(7)5-6(13)14/h3-5H2,1-2H3,(H,13,14). The molecular formula is C7H13N5O2S. The minimum atomic E-state index is -0.947. The minimum absolute atomic E-state index is 0.197. The van der Waals surface area contributed by atoms with Crippen molar-refractivity contribution >= 4 is 17.7 Å². The summed E-state index contributed by atoms with van der Waals surface area (Å²) in [6.45, 7) is 0.696. The molecule has 1 aromatic rings. The molecular weight excluding hydrogens is 218 g/mol. The van der Waals surface area contributed by atoms with Gasteiger partial charge in [-0.1, -0.05) is 11.8 Å². The zero-order valence-electron chi connectivity index (χ0n) is 8.62. The Kier molecular flexibility index (Phi) is 4.50. The largest absolute Gasteiger partial charge is 0.480 e. The van der Waals surface area contributed by atoms with Crippen LogP contribution >= 0.6 is 11.8 Å². The number of aliphatic carboxylic acids is 1. The van der Waals surface area contributed by atoms with Crippen LogP contribution in [0.15, 0.2) is 5.16 Å². The molecule has 0 bridgehead atoms. The topological polar surface area (TPSA) is 84.1 Å². The van der Waals surface area contributed by atoms with E-state index in [0.717, 1.165) is 12.3 Å². The van der Waals surface area contributed by atoms with E-state index in [2.05, 4.69) is 15.5 Å². The van der Waals surface area contributed by atoms with Gasteiger partial charge in [-0.15, -0.1) is 5.10 Å². The maximum atomic E-state index is 10.5. The number of hydrogen-bond acceptors (Lipinski definition) is 6. The molecule has 0 unspecified atom stereocenters. The van der Waals surface area contributed by atoms with Gasteiger partial charge in [0.05, 0.1) is 0 Å². The number of thioether (sulfide) groups is 1. The van der Waals surface area contributed by atoms with E-state index in [4.69, 9.17) is 5.11 Å². The highest BCUT2D eigenvalue weighted by Gasteiger charge is 2.09. The van der Waals surface area contributed by atoms with Crippen LogP contribution in [-0.4, -0.2) is 62.6 Å². The second kappa shape index (κ2) is 5.66. The summed E-state index contributed by atoms with van der Waals surface area (Å²) < 4.78 is 1.28. The lowest BCUT2D eigenvalue weighted by molar-refractivity contribution is -0.138. The first kappa shape index (κ1) is 11.9. The first-order valence-electron chi connectivity index (χ1n) is 4.35. The Balaban J connectivity index is 2.46. The molecule has 0 aliphatic heterocycles. The lowest BCUT2D eigenvalue weighted by Crippen LogP contribution is -2.16. The molecule has 0 aromatic carbocycles. The number of aromatic nitrogens is 4. The molecule has 84 valence electrons. The van der Waals surface area contributed by atoms with E-state index in [1.807, 2.05) is 19.0 Å². The van der Waals surface area contributed by atoms with E-state index < -0.39 is 5.97 Å². The highest BCUT2D eigenvalue weighted by Crippen LogP contribution is 2.12. The molecule has 0 saturated heterocycles. The zero-order chi connectivity index (χ0) is 11.3. The highest BCUT2D eigenvalue weighted by molar-refractivity contribution is 7.99. The molecule has 0 spiro atoms. The molecule has 0 saturated carbocycles. The summed E-state index contributed by atoms with van der Waals surface area (Å²) in [4.78, 5) is 12.5. The van der Waals surface area contributed by atoms with Crippen molar-refractivity contribution in [2.24, 2.45) is 0 Å². The van der Waals surface area contributed by atoms with Gasteiger partial charge in [0.15, 0.2) is 0 Å². The lowest BCUT2D eigenvalue weighted by Gasteiger charge is -2.07. The minimum Gasteiger partial charge on any atom is -0.480 e. The molecule has 1 heterocycles. The van der Waals surface area contributed by atoms with Crippen molar-refractivity contribution in [3.05, 3.63) is 0 Å². The SMILES string of the molecule is CN(C)CCSc1nnnn1CC(=O)O. The number of hydrogen-bond donors (Lipinski definition) is 1. The Hall–Kier alpha value is -1.15. The predicted octanol–water partition coefficient (Wildman–Crippen LogP) is -0.589. The summed E-state index contributed by atoms with van der Waals surface area (Å²) in [5.41, 5.74) is 0. The Morgan fingerprint density at radius 2 is 2.33 bits per heavy atom. The molecule has 0 radical (unpaired) electrons. The smallest absolute Gasteiger partial charge is 0.325 e. The zero-order valence-corrected chi connectivity index (χ0v) is 9.44. The van der Waals surface area contributed by atoms with Gasteiger partial charge >= 0.3 is 5.97 Å². The Morgan fingerprint density at radius 3 is 2.93 bits per heavy atom. The number of tetrazole rings is 1. The van der Waals surface area contributed by atoms with E-state index in [1.165, 1.54) is 16.4 Å². The Morgan fingerprint density at radius 1 is 1.60 bits per heavy atom. The van der Waals surface area contributed by atoms with Crippen molar-refractivity contribution < 1.29 is 9.90 Å². The van der Waals surface area contributed by atoms with Crippen LogP contribution in [0.25, 0.3) is 0 Å². The van der Waals surface area contributed by atoms with E-state index in [-0.39, 0.29) is 6.54 Å². The van der Waals surface area contributed by atoms with Crippen molar-refractivity contribution in [3.8, 4) is 0 Å². The second-order valence-electron chi connectivity index (χ2n) is 3.16. The summed E-state index contributed by atoms with van der Waals surface area (Å²) in [5, 5.41) is 19.9. The van der Waals surface area contributed by atoms with Gasteiger partial charge in [-0.25, -0.2) is 4.68 Å². The molecule has 0 aliphatic carbocycles. The number of carbonyl (C=O) groups is 1. The average Bonchev–Trinajstić information content (AvgIpc) is 2.51. The monoisotopic (exact) mass is 231 g/mol. The number of nitrogens with zero attached hydrogens (tertiary/aromatic N) is 5. The van der Waals surface area contributed by atoms with Crippen LogP contribution in [0.3, 0.4) is 0 Å². The van der Waals surface area contributed by atoms with E-state index in [1.54, 1.807) is 0 Å². The molecule has 8 heteroatoms. The van der Waals surface area contributed by atoms with Gasteiger partial charge in [0.1, 0.15) is 6.54 Å². The van der Waals surface area contributed by atoms with Crippen LogP contribution in [0, 0.1) is 0 Å². The first-order chi connectivity index (χ1) is 7.09. The fourth-order valence-electron chi connectivity index (χ4n) is 0.847. The maximum absolute atomic E-state index is 10.5. The van der Waals surface area contributed by atoms with Crippen molar-refractivity contribution in [2.45, 2.75) is 11.7 Å². The molecule has 1 aromatic heterocycles. The van der Waals surface area contributed by atoms with Gasteiger partial charge in [-0.3, -0.25) is 4.79 Å². The van der Waals surface area contributed by atoms with Gasteiger partial charge < -0.3 is 10.0 Å². The fraction of sp³-hybridized carbons (Fsp3) is 0.714. The third-order valence-electron chi connectivity index (χ3n) is 1.55. The van der Waals surface area contributed by atoms with Gasteiger partial charge in [-0.2, -0.15) is 0 Å². The van der Waals surface area contributed by atoms with E-state index in [9.17, 15) is 4.79 Å². The Labute approximate surface area is 91.4 Å². The van der Waals surface area contributed by atoms with Gasteiger partial charge in [0.25, 0.3) is 0 Å². The van der Waals surface area contributed by atoms with Crippen LogP contribution in [-0.2, 0) is 11.3 Å². The summed E-state index contributed by atoms with van der Waals surface area (Å²) in [7, 11) is 3.95. The molecule has 0 fully saturated rings. The summed E-state index contributed by atoms with van der Waals surface area (Å²) in [6, 6.07) is 0. The summed E-state index contributed by atoms with van der Waals surface area (Å²) in [6.07, 6.45) is 0. The van der Waals surface area contributed by atoms with Gasteiger partial charge in [0.2, 0.25) is 5.16 Å². The second-order valence-corrected chi connectivity index (χ2v) is 4.23. The van der Waals surface area contributed by atoms with Gasteiger partial charge in [0, 0.05) is 12.3 Å². The molecule has 0 aliphatic rings. The van der Waals surface area contributed by atoms with E-state index in [0.29, 0.717) is 5.16 Å².